The highest BCUT2D eigenvalue weighted by molar-refractivity contribution is 5.85. The Morgan fingerprint density at radius 3 is 2.67 bits per heavy atom. The molecule has 1 aromatic carbocycles. The topological polar surface area (TPSA) is 56.5 Å². The molecule has 0 N–H and O–H groups in total. The van der Waals surface area contributed by atoms with E-state index in [1.165, 1.54) is 19.0 Å². The van der Waals surface area contributed by atoms with Crippen LogP contribution in [0.1, 0.15) is 43.0 Å². The number of aromatic nitrogens is 5. The molecule has 136 valence electrons. The number of benzene rings is 1. The van der Waals surface area contributed by atoms with Gasteiger partial charge in [0.2, 0.25) is 0 Å². The molecule has 5 nitrogen and oxygen atoms in total. The van der Waals surface area contributed by atoms with Crippen molar-refractivity contribution in [3.05, 3.63) is 59.9 Å². The minimum Gasteiger partial charge on any atom is -0.306 e. The molecule has 0 saturated heterocycles. The van der Waals surface area contributed by atoms with Crippen molar-refractivity contribution in [2.24, 2.45) is 0 Å². The normalized spacial score (nSPS) is 15.2. The molecule has 0 unspecified atom stereocenters. The van der Waals surface area contributed by atoms with Crippen LogP contribution in [0.25, 0.3) is 22.1 Å². The average Bonchev–Trinajstić information content (AvgIpc) is 3.33. The van der Waals surface area contributed by atoms with E-state index < -0.39 is 11.6 Å². The third-order valence-corrected chi connectivity index (χ3v) is 5.37. The van der Waals surface area contributed by atoms with Gasteiger partial charge in [0, 0.05) is 36.1 Å². The first-order chi connectivity index (χ1) is 13.2. The van der Waals surface area contributed by atoms with E-state index in [9.17, 15) is 8.78 Å². The molecular formula is C20H17F2N5. The zero-order chi connectivity index (χ0) is 18.4. The molecule has 3 heterocycles. The third-order valence-electron chi connectivity index (χ3n) is 5.37. The highest BCUT2D eigenvalue weighted by atomic mass is 19.2. The van der Waals surface area contributed by atoms with Gasteiger partial charge in [-0.25, -0.2) is 23.7 Å². The van der Waals surface area contributed by atoms with E-state index in [0.29, 0.717) is 29.1 Å². The summed E-state index contributed by atoms with van der Waals surface area (Å²) in [4.78, 5) is 17.7. The Morgan fingerprint density at radius 2 is 1.81 bits per heavy atom. The van der Waals surface area contributed by atoms with Crippen LogP contribution in [0.5, 0.6) is 0 Å². The summed E-state index contributed by atoms with van der Waals surface area (Å²) < 4.78 is 29.8. The molecule has 27 heavy (non-hydrogen) atoms. The van der Waals surface area contributed by atoms with Gasteiger partial charge in [0.25, 0.3) is 0 Å². The van der Waals surface area contributed by atoms with Crippen molar-refractivity contribution in [1.82, 2.24) is 24.5 Å². The van der Waals surface area contributed by atoms with Crippen LogP contribution >= 0.6 is 0 Å². The summed E-state index contributed by atoms with van der Waals surface area (Å²) in [7, 11) is 0. The van der Waals surface area contributed by atoms with Crippen LogP contribution in [0, 0.1) is 11.6 Å². The summed E-state index contributed by atoms with van der Waals surface area (Å²) in [5.41, 5.74) is 2.12. The maximum Gasteiger partial charge on any atom is 0.197 e. The smallest absolute Gasteiger partial charge is 0.197 e. The van der Waals surface area contributed by atoms with E-state index in [1.807, 2.05) is 0 Å². The number of pyridine rings is 1. The lowest BCUT2D eigenvalue weighted by Crippen LogP contribution is -2.09. The van der Waals surface area contributed by atoms with Crippen molar-refractivity contribution in [2.75, 3.05) is 0 Å². The molecule has 1 fully saturated rings. The van der Waals surface area contributed by atoms with Crippen molar-refractivity contribution in [3.8, 4) is 0 Å². The molecule has 0 spiro atoms. The van der Waals surface area contributed by atoms with Crippen molar-refractivity contribution in [2.45, 2.75) is 38.1 Å². The first-order valence-electron chi connectivity index (χ1n) is 9.10. The van der Waals surface area contributed by atoms with Crippen LogP contribution in [-0.2, 0) is 6.54 Å². The van der Waals surface area contributed by atoms with E-state index in [4.69, 9.17) is 4.98 Å². The fourth-order valence-corrected chi connectivity index (χ4v) is 4.06. The summed E-state index contributed by atoms with van der Waals surface area (Å²) in [6.07, 6.45) is 10.9. The summed E-state index contributed by atoms with van der Waals surface area (Å²) in [6, 6.07) is 2.76. The molecule has 4 aromatic rings. The molecule has 0 atom stereocenters. The summed E-state index contributed by atoms with van der Waals surface area (Å²) >= 11 is 0. The standard InChI is InChI=1S/C20H17F2N5/c21-16-6-5-14-13(9-23-10-15(14)17(16)22)11-27-19(12-3-1-2-4-12)26-18-20(27)25-8-7-24-18/h5-10,12H,1-4,11H2. The third kappa shape index (κ3) is 2.65. The first-order valence-corrected chi connectivity index (χ1v) is 9.10. The van der Waals surface area contributed by atoms with Gasteiger partial charge < -0.3 is 4.57 Å². The number of halogens is 2. The fraction of sp³-hybridized carbons (Fsp3) is 0.300. The Hall–Kier alpha value is -2.96. The van der Waals surface area contributed by atoms with Crippen LogP contribution in [0.15, 0.2) is 36.9 Å². The lowest BCUT2D eigenvalue weighted by molar-refractivity contribution is 0.516. The maximum atomic E-state index is 14.2. The van der Waals surface area contributed by atoms with Crippen LogP contribution < -0.4 is 0 Å². The number of imidazole rings is 1. The van der Waals surface area contributed by atoms with Crippen molar-refractivity contribution < 1.29 is 8.78 Å². The zero-order valence-corrected chi connectivity index (χ0v) is 14.6. The van der Waals surface area contributed by atoms with Crippen molar-refractivity contribution in [3.63, 3.8) is 0 Å². The second-order valence-corrected chi connectivity index (χ2v) is 7.00. The Balaban J connectivity index is 1.68. The molecule has 0 aliphatic heterocycles. The Bertz CT molecular complexity index is 1150. The monoisotopic (exact) mass is 365 g/mol. The molecule has 1 aliphatic carbocycles. The predicted molar refractivity (Wildman–Crippen MR) is 97.3 cm³/mol. The molecule has 3 aromatic heterocycles. The van der Waals surface area contributed by atoms with Gasteiger partial charge in [0.1, 0.15) is 5.82 Å². The van der Waals surface area contributed by atoms with Gasteiger partial charge in [-0.1, -0.05) is 18.9 Å². The Labute approximate surface area is 154 Å². The van der Waals surface area contributed by atoms with Crippen LogP contribution in [0.4, 0.5) is 8.78 Å². The van der Waals surface area contributed by atoms with Gasteiger partial charge in [-0.3, -0.25) is 4.98 Å². The second kappa shape index (κ2) is 6.33. The predicted octanol–water partition coefficient (Wildman–Crippen LogP) is 4.36. The first kappa shape index (κ1) is 16.2. The average molecular weight is 365 g/mol. The second-order valence-electron chi connectivity index (χ2n) is 7.00. The van der Waals surface area contributed by atoms with Gasteiger partial charge in [0.15, 0.2) is 22.9 Å². The molecule has 1 aliphatic rings. The zero-order valence-electron chi connectivity index (χ0n) is 14.6. The summed E-state index contributed by atoms with van der Waals surface area (Å²) in [6.45, 7) is 0.441. The van der Waals surface area contributed by atoms with Gasteiger partial charge >= 0.3 is 0 Å². The summed E-state index contributed by atoms with van der Waals surface area (Å²) in [5, 5.41) is 0.831. The molecule has 5 rings (SSSR count). The number of hydrogen-bond acceptors (Lipinski definition) is 4. The van der Waals surface area contributed by atoms with Gasteiger partial charge in [-0.05, 0) is 29.9 Å². The Kier molecular flexibility index (Phi) is 3.81. The molecule has 1 saturated carbocycles. The largest absolute Gasteiger partial charge is 0.306 e. The number of nitrogens with zero attached hydrogens (tertiary/aromatic N) is 5. The molecule has 0 bridgehead atoms. The summed E-state index contributed by atoms with van der Waals surface area (Å²) in [5.74, 6) is -0.397. The van der Waals surface area contributed by atoms with E-state index in [0.717, 1.165) is 30.3 Å². The van der Waals surface area contributed by atoms with Crippen LogP contribution in [0.3, 0.4) is 0 Å². The fourth-order valence-electron chi connectivity index (χ4n) is 4.06. The van der Waals surface area contributed by atoms with Gasteiger partial charge in [0.05, 0.1) is 6.54 Å². The van der Waals surface area contributed by atoms with Gasteiger partial charge in [-0.15, -0.1) is 0 Å². The highest BCUT2D eigenvalue weighted by Crippen LogP contribution is 2.35. The van der Waals surface area contributed by atoms with Gasteiger partial charge in [-0.2, -0.15) is 0 Å². The number of fused-ring (bicyclic) bond motifs is 2. The van der Waals surface area contributed by atoms with Crippen molar-refractivity contribution in [1.29, 1.82) is 0 Å². The molecule has 0 amide bonds. The van der Waals surface area contributed by atoms with E-state index >= 15 is 0 Å². The minimum absolute atomic E-state index is 0.186. The van der Waals surface area contributed by atoms with Crippen LogP contribution in [0.2, 0.25) is 0 Å². The Morgan fingerprint density at radius 1 is 1.00 bits per heavy atom. The number of rotatable bonds is 3. The SMILES string of the molecule is Fc1ccc2c(Cn3c(C4CCCC4)nc4nccnc43)cncc2c1F. The quantitative estimate of drug-likeness (QED) is 0.541. The molecular weight excluding hydrogens is 348 g/mol. The van der Waals surface area contributed by atoms with E-state index in [1.54, 1.807) is 24.7 Å². The number of hydrogen-bond donors (Lipinski definition) is 0. The van der Waals surface area contributed by atoms with Crippen molar-refractivity contribution >= 4 is 22.1 Å². The minimum atomic E-state index is -0.868. The lowest BCUT2D eigenvalue weighted by atomic mass is 10.1. The molecule has 7 heteroatoms. The molecule has 0 radical (unpaired) electrons. The van der Waals surface area contributed by atoms with E-state index in [-0.39, 0.29) is 5.39 Å². The van der Waals surface area contributed by atoms with E-state index in [2.05, 4.69) is 19.5 Å². The van der Waals surface area contributed by atoms with Crippen LogP contribution in [-0.4, -0.2) is 24.5 Å². The lowest BCUT2D eigenvalue weighted by Gasteiger charge is -2.14. The highest BCUT2D eigenvalue weighted by Gasteiger charge is 2.25. The maximum absolute atomic E-state index is 14.2.